The molecule has 0 bridgehead atoms. The standard InChI is InChI=1S/C17H28N4OS/c1-17(22,14-5-3-2-4-6-14)12-18-15-11-16(20-13-19-15)21-7-9-23-10-8-21/h11,13-14,22H,2-10,12H2,1H3,(H,18,19,20). The van der Waals surface area contributed by atoms with E-state index < -0.39 is 5.60 Å². The second kappa shape index (κ2) is 7.71. The average molecular weight is 337 g/mol. The molecule has 1 saturated carbocycles. The van der Waals surface area contributed by atoms with E-state index in [1.165, 1.54) is 19.3 Å². The average Bonchev–Trinajstić information content (AvgIpc) is 2.62. The van der Waals surface area contributed by atoms with Crippen molar-refractivity contribution in [2.75, 3.05) is 41.4 Å². The summed E-state index contributed by atoms with van der Waals surface area (Å²) in [4.78, 5) is 11.0. The summed E-state index contributed by atoms with van der Waals surface area (Å²) >= 11 is 1.99. The van der Waals surface area contributed by atoms with E-state index in [9.17, 15) is 5.11 Å². The van der Waals surface area contributed by atoms with E-state index in [2.05, 4.69) is 20.2 Å². The Labute approximate surface area is 143 Å². The molecule has 1 unspecified atom stereocenters. The summed E-state index contributed by atoms with van der Waals surface area (Å²) in [5, 5.41) is 14.1. The van der Waals surface area contributed by atoms with Crippen molar-refractivity contribution in [1.82, 2.24) is 9.97 Å². The lowest BCUT2D eigenvalue weighted by atomic mass is 9.78. The number of nitrogens with zero attached hydrogens (tertiary/aromatic N) is 3. The summed E-state index contributed by atoms with van der Waals surface area (Å²) in [5.74, 6) is 4.50. The zero-order valence-corrected chi connectivity index (χ0v) is 14.8. The van der Waals surface area contributed by atoms with Gasteiger partial charge in [0.05, 0.1) is 5.60 Å². The summed E-state index contributed by atoms with van der Waals surface area (Å²) in [6.45, 7) is 4.59. The molecule has 1 saturated heterocycles. The van der Waals surface area contributed by atoms with Crippen molar-refractivity contribution in [2.45, 2.75) is 44.6 Å². The molecule has 1 aliphatic heterocycles. The zero-order valence-electron chi connectivity index (χ0n) is 14.0. The fourth-order valence-electron chi connectivity index (χ4n) is 3.55. The molecule has 0 spiro atoms. The van der Waals surface area contributed by atoms with Crippen molar-refractivity contribution in [3.8, 4) is 0 Å². The van der Waals surface area contributed by atoms with Crippen LogP contribution in [0.15, 0.2) is 12.4 Å². The Morgan fingerprint density at radius 2 is 2.00 bits per heavy atom. The molecule has 0 aromatic carbocycles. The molecule has 23 heavy (non-hydrogen) atoms. The smallest absolute Gasteiger partial charge is 0.134 e. The second-order valence-corrected chi connectivity index (χ2v) is 8.13. The summed E-state index contributed by atoms with van der Waals surface area (Å²) in [7, 11) is 0. The number of aliphatic hydroxyl groups is 1. The van der Waals surface area contributed by atoms with E-state index in [4.69, 9.17) is 0 Å². The van der Waals surface area contributed by atoms with Crippen molar-refractivity contribution in [3.63, 3.8) is 0 Å². The van der Waals surface area contributed by atoms with Gasteiger partial charge in [-0.2, -0.15) is 11.8 Å². The minimum Gasteiger partial charge on any atom is -0.388 e. The van der Waals surface area contributed by atoms with Crippen LogP contribution >= 0.6 is 11.8 Å². The topological polar surface area (TPSA) is 61.3 Å². The van der Waals surface area contributed by atoms with Crippen LogP contribution in [-0.2, 0) is 0 Å². The lowest BCUT2D eigenvalue weighted by molar-refractivity contribution is -0.00450. The van der Waals surface area contributed by atoms with Gasteiger partial charge in [-0.25, -0.2) is 9.97 Å². The highest BCUT2D eigenvalue weighted by Gasteiger charge is 2.32. The maximum absolute atomic E-state index is 10.8. The lowest BCUT2D eigenvalue weighted by Gasteiger charge is -2.36. The first-order chi connectivity index (χ1) is 11.1. The molecule has 3 rings (SSSR count). The van der Waals surface area contributed by atoms with Gasteiger partial charge in [0, 0.05) is 37.2 Å². The van der Waals surface area contributed by atoms with E-state index in [0.717, 1.165) is 49.1 Å². The minimum absolute atomic E-state index is 0.393. The molecule has 5 nitrogen and oxygen atoms in total. The molecule has 2 fully saturated rings. The normalized spacial score (nSPS) is 22.6. The van der Waals surface area contributed by atoms with Gasteiger partial charge < -0.3 is 15.3 Å². The fraction of sp³-hybridized carbons (Fsp3) is 0.765. The summed E-state index contributed by atoms with van der Waals surface area (Å²) in [5.41, 5.74) is -0.673. The van der Waals surface area contributed by atoms with E-state index >= 15 is 0 Å². The van der Waals surface area contributed by atoms with Gasteiger partial charge in [0.25, 0.3) is 0 Å². The first kappa shape index (κ1) is 16.8. The third kappa shape index (κ3) is 4.51. The van der Waals surface area contributed by atoms with Crippen LogP contribution in [0.4, 0.5) is 11.6 Å². The van der Waals surface area contributed by atoms with E-state index in [1.807, 2.05) is 24.8 Å². The second-order valence-electron chi connectivity index (χ2n) is 6.91. The quantitative estimate of drug-likeness (QED) is 0.862. The minimum atomic E-state index is -0.673. The van der Waals surface area contributed by atoms with Gasteiger partial charge in [-0.1, -0.05) is 19.3 Å². The van der Waals surface area contributed by atoms with Crippen LogP contribution in [0.3, 0.4) is 0 Å². The van der Waals surface area contributed by atoms with Gasteiger partial charge in [-0.05, 0) is 25.7 Å². The van der Waals surface area contributed by atoms with Crippen LogP contribution in [0.2, 0.25) is 0 Å². The highest BCUT2D eigenvalue weighted by Crippen LogP contribution is 2.32. The van der Waals surface area contributed by atoms with Crippen LogP contribution in [-0.4, -0.2) is 51.8 Å². The number of aromatic nitrogens is 2. The molecule has 2 N–H and O–H groups in total. The Kier molecular flexibility index (Phi) is 5.64. The predicted octanol–water partition coefficient (Wildman–Crippen LogP) is 2.77. The molecule has 1 aromatic heterocycles. The molecule has 0 amide bonds. The zero-order chi connectivity index (χ0) is 16.1. The van der Waals surface area contributed by atoms with Gasteiger partial charge in [-0.3, -0.25) is 0 Å². The number of anilines is 2. The van der Waals surface area contributed by atoms with E-state index in [0.29, 0.717) is 12.5 Å². The highest BCUT2D eigenvalue weighted by atomic mass is 32.2. The molecule has 1 aliphatic carbocycles. The maximum Gasteiger partial charge on any atom is 0.134 e. The first-order valence-corrected chi connectivity index (χ1v) is 9.91. The predicted molar refractivity (Wildman–Crippen MR) is 97.3 cm³/mol. The molecule has 0 radical (unpaired) electrons. The van der Waals surface area contributed by atoms with Crippen molar-refractivity contribution < 1.29 is 5.11 Å². The molecule has 128 valence electrons. The van der Waals surface area contributed by atoms with Gasteiger partial charge in [0.2, 0.25) is 0 Å². The number of hydrogen-bond acceptors (Lipinski definition) is 6. The van der Waals surface area contributed by atoms with Gasteiger partial charge in [-0.15, -0.1) is 0 Å². The monoisotopic (exact) mass is 336 g/mol. The Morgan fingerprint density at radius 1 is 1.26 bits per heavy atom. The summed E-state index contributed by atoms with van der Waals surface area (Å²) in [6, 6.07) is 2.01. The Balaban J connectivity index is 1.59. The Hall–Kier alpha value is -1.01. The maximum atomic E-state index is 10.8. The van der Waals surface area contributed by atoms with Crippen molar-refractivity contribution in [2.24, 2.45) is 5.92 Å². The Bertz CT molecular complexity index is 499. The van der Waals surface area contributed by atoms with Crippen LogP contribution < -0.4 is 10.2 Å². The van der Waals surface area contributed by atoms with Crippen LogP contribution in [0, 0.1) is 5.92 Å². The summed E-state index contributed by atoms with van der Waals surface area (Å²) < 4.78 is 0. The third-order valence-electron chi connectivity index (χ3n) is 5.10. The van der Waals surface area contributed by atoms with Crippen LogP contribution in [0.1, 0.15) is 39.0 Å². The number of rotatable bonds is 5. The van der Waals surface area contributed by atoms with Gasteiger partial charge >= 0.3 is 0 Å². The number of hydrogen-bond donors (Lipinski definition) is 2. The van der Waals surface area contributed by atoms with Crippen LogP contribution in [0.25, 0.3) is 0 Å². The number of nitrogens with one attached hydrogen (secondary N) is 1. The molecule has 2 heterocycles. The lowest BCUT2D eigenvalue weighted by Crippen LogP contribution is -2.42. The van der Waals surface area contributed by atoms with Gasteiger partial charge in [0.1, 0.15) is 18.0 Å². The van der Waals surface area contributed by atoms with E-state index in [-0.39, 0.29) is 0 Å². The molecular formula is C17H28N4OS. The largest absolute Gasteiger partial charge is 0.388 e. The molecule has 1 aromatic rings. The highest BCUT2D eigenvalue weighted by molar-refractivity contribution is 7.99. The molecule has 6 heteroatoms. The van der Waals surface area contributed by atoms with Gasteiger partial charge in [0.15, 0.2) is 0 Å². The SMILES string of the molecule is CC(O)(CNc1cc(N2CCSCC2)ncn1)C1CCCCC1. The summed E-state index contributed by atoms with van der Waals surface area (Å²) in [6.07, 6.45) is 7.68. The van der Waals surface area contributed by atoms with E-state index in [1.54, 1.807) is 6.33 Å². The third-order valence-corrected chi connectivity index (χ3v) is 6.04. The molecule has 1 atom stereocenters. The first-order valence-electron chi connectivity index (χ1n) is 8.76. The number of thioether (sulfide) groups is 1. The Morgan fingerprint density at radius 3 is 2.74 bits per heavy atom. The van der Waals surface area contributed by atoms with Crippen LogP contribution in [0.5, 0.6) is 0 Å². The fourth-order valence-corrected chi connectivity index (χ4v) is 4.45. The molecule has 2 aliphatic rings. The van der Waals surface area contributed by atoms with Crippen molar-refractivity contribution >= 4 is 23.4 Å². The van der Waals surface area contributed by atoms with Crippen molar-refractivity contribution in [3.05, 3.63) is 12.4 Å². The molecular weight excluding hydrogens is 308 g/mol. The van der Waals surface area contributed by atoms with Crippen molar-refractivity contribution in [1.29, 1.82) is 0 Å².